The van der Waals surface area contributed by atoms with Gasteiger partial charge in [-0.05, 0) is 36.1 Å². The number of hydrogen-bond donors (Lipinski definition) is 2. The number of halogens is 2. The summed E-state index contributed by atoms with van der Waals surface area (Å²) in [6, 6.07) is 5.03. The van der Waals surface area contributed by atoms with E-state index in [1.165, 1.54) is 6.07 Å². The van der Waals surface area contributed by atoms with Crippen LogP contribution < -0.4 is 11.1 Å². The number of hydrogen-bond acceptors (Lipinski definition) is 2. The molecule has 0 aromatic heterocycles. The van der Waals surface area contributed by atoms with Gasteiger partial charge >= 0.3 is 0 Å². The molecular formula is C11H14ClFN2O. The van der Waals surface area contributed by atoms with Gasteiger partial charge in [-0.25, -0.2) is 4.39 Å². The van der Waals surface area contributed by atoms with E-state index in [1.807, 2.05) is 0 Å². The quantitative estimate of drug-likeness (QED) is 0.826. The smallest absolute Gasteiger partial charge is 0.231 e. The first-order valence-corrected chi connectivity index (χ1v) is 4.94. The summed E-state index contributed by atoms with van der Waals surface area (Å²) in [5.41, 5.74) is 7.21. The topological polar surface area (TPSA) is 55.1 Å². The second kappa shape index (κ2) is 5.27. The summed E-state index contributed by atoms with van der Waals surface area (Å²) in [4.78, 5) is 10.6. The van der Waals surface area contributed by atoms with Gasteiger partial charge in [0.1, 0.15) is 5.82 Å². The van der Waals surface area contributed by atoms with Crippen molar-refractivity contribution in [2.45, 2.75) is 18.9 Å². The highest BCUT2D eigenvalue weighted by Gasteiger charge is 2.21. The zero-order valence-corrected chi connectivity index (χ0v) is 9.52. The van der Waals surface area contributed by atoms with Gasteiger partial charge in [0.2, 0.25) is 5.91 Å². The van der Waals surface area contributed by atoms with Gasteiger partial charge in [-0.1, -0.05) is 6.07 Å². The van der Waals surface area contributed by atoms with E-state index in [1.54, 1.807) is 12.1 Å². The average Bonchev–Trinajstić information content (AvgIpc) is 2.56. The number of rotatable bonds is 3. The maximum atomic E-state index is 12.9. The van der Waals surface area contributed by atoms with E-state index in [0.29, 0.717) is 0 Å². The molecule has 0 fully saturated rings. The van der Waals surface area contributed by atoms with Gasteiger partial charge in [-0.3, -0.25) is 4.79 Å². The van der Waals surface area contributed by atoms with Crippen LogP contribution >= 0.6 is 12.4 Å². The van der Waals surface area contributed by atoms with Crippen molar-refractivity contribution in [2.24, 2.45) is 5.73 Å². The van der Waals surface area contributed by atoms with Crippen LogP contribution in [0.3, 0.4) is 0 Å². The van der Waals surface area contributed by atoms with Crippen LogP contribution in [0.25, 0.3) is 0 Å². The molecule has 1 amide bonds. The SMILES string of the molecule is Cl.NC(=O)CNC1Cc2ccc(F)cc2C1. The van der Waals surface area contributed by atoms with Crippen molar-refractivity contribution < 1.29 is 9.18 Å². The largest absolute Gasteiger partial charge is 0.369 e. The summed E-state index contributed by atoms with van der Waals surface area (Å²) in [6.45, 7) is 0.182. The number of carbonyl (C=O) groups excluding carboxylic acids is 1. The van der Waals surface area contributed by atoms with Crippen molar-refractivity contribution in [3.8, 4) is 0 Å². The molecule has 16 heavy (non-hydrogen) atoms. The third kappa shape index (κ3) is 2.93. The van der Waals surface area contributed by atoms with Crippen LogP contribution in [0.1, 0.15) is 11.1 Å². The van der Waals surface area contributed by atoms with Crippen LogP contribution in [0.5, 0.6) is 0 Å². The summed E-state index contributed by atoms with van der Waals surface area (Å²) in [5.74, 6) is -0.568. The molecule has 0 radical (unpaired) electrons. The first-order valence-electron chi connectivity index (χ1n) is 4.94. The molecule has 1 aromatic carbocycles. The summed E-state index contributed by atoms with van der Waals surface area (Å²) in [7, 11) is 0. The minimum absolute atomic E-state index is 0. The number of amides is 1. The van der Waals surface area contributed by atoms with Crippen molar-refractivity contribution in [3.05, 3.63) is 35.1 Å². The molecule has 0 spiro atoms. The highest BCUT2D eigenvalue weighted by atomic mass is 35.5. The minimum atomic E-state index is -0.364. The Morgan fingerprint density at radius 2 is 2.12 bits per heavy atom. The Hall–Kier alpha value is -1.13. The van der Waals surface area contributed by atoms with Gasteiger partial charge in [-0.2, -0.15) is 0 Å². The lowest BCUT2D eigenvalue weighted by atomic mass is 10.1. The molecule has 3 nitrogen and oxygen atoms in total. The molecule has 0 saturated carbocycles. The van der Waals surface area contributed by atoms with Crippen LogP contribution in [0.4, 0.5) is 4.39 Å². The molecule has 88 valence electrons. The molecule has 0 heterocycles. The van der Waals surface area contributed by atoms with Gasteiger partial charge in [0.05, 0.1) is 6.54 Å². The summed E-state index contributed by atoms with van der Waals surface area (Å²) in [6.07, 6.45) is 1.60. The Morgan fingerprint density at radius 1 is 1.44 bits per heavy atom. The van der Waals surface area contributed by atoms with Gasteiger partial charge in [-0.15, -0.1) is 12.4 Å². The van der Waals surface area contributed by atoms with E-state index in [9.17, 15) is 9.18 Å². The van der Waals surface area contributed by atoms with Crippen molar-refractivity contribution in [1.82, 2.24) is 5.32 Å². The van der Waals surface area contributed by atoms with E-state index >= 15 is 0 Å². The standard InChI is InChI=1S/C11H13FN2O.ClH/c12-9-2-1-7-4-10(5-8(7)3-9)14-6-11(13)15;/h1-3,10,14H,4-6H2,(H2,13,15);1H. The van der Waals surface area contributed by atoms with Gasteiger partial charge in [0.25, 0.3) is 0 Å². The molecule has 1 aliphatic carbocycles. The monoisotopic (exact) mass is 244 g/mol. The Balaban J connectivity index is 0.00000128. The van der Waals surface area contributed by atoms with Crippen molar-refractivity contribution in [1.29, 1.82) is 0 Å². The number of carbonyl (C=O) groups is 1. The molecule has 2 rings (SSSR count). The Morgan fingerprint density at radius 3 is 2.81 bits per heavy atom. The molecule has 5 heteroatoms. The lowest BCUT2D eigenvalue weighted by molar-refractivity contribution is -0.117. The minimum Gasteiger partial charge on any atom is -0.369 e. The number of fused-ring (bicyclic) bond motifs is 1. The molecule has 1 unspecified atom stereocenters. The Labute approximate surface area is 99.6 Å². The predicted octanol–water partition coefficient (Wildman–Crippen LogP) is 0.790. The first-order chi connectivity index (χ1) is 7.15. The molecule has 1 aliphatic rings. The highest BCUT2D eigenvalue weighted by Crippen LogP contribution is 2.22. The van der Waals surface area contributed by atoms with Gasteiger partial charge < -0.3 is 11.1 Å². The lowest BCUT2D eigenvalue weighted by Crippen LogP contribution is -2.36. The Bertz CT molecular complexity index is 398. The van der Waals surface area contributed by atoms with E-state index in [-0.39, 0.29) is 36.7 Å². The number of nitrogens with two attached hydrogens (primary N) is 1. The molecule has 0 saturated heterocycles. The van der Waals surface area contributed by atoms with Crippen LogP contribution in [-0.4, -0.2) is 18.5 Å². The lowest BCUT2D eigenvalue weighted by Gasteiger charge is -2.09. The summed E-state index contributed by atoms with van der Waals surface area (Å²) in [5, 5.41) is 3.05. The fourth-order valence-electron chi connectivity index (χ4n) is 1.98. The normalized spacial score (nSPS) is 17.7. The number of benzene rings is 1. The highest BCUT2D eigenvalue weighted by molar-refractivity contribution is 5.85. The van der Waals surface area contributed by atoms with E-state index < -0.39 is 0 Å². The fraction of sp³-hybridized carbons (Fsp3) is 0.364. The van der Waals surface area contributed by atoms with Gasteiger partial charge in [0.15, 0.2) is 0 Å². The third-order valence-electron chi connectivity index (χ3n) is 2.67. The Kier molecular flexibility index (Phi) is 4.26. The zero-order chi connectivity index (χ0) is 10.8. The summed E-state index contributed by atoms with van der Waals surface area (Å²) >= 11 is 0. The molecule has 0 bridgehead atoms. The van der Waals surface area contributed by atoms with Crippen molar-refractivity contribution in [2.75, 3.05) is 6.54 Å². The van der Waals surface area contributed by atoms with Crippen molar-refractivity contribution >= 4 is 18.3 Å². The van der Waals surface area contributed by atoms with Crippen LogP contribution in [0.2, 0.25) is 0 Å². The molecular weight excluding hydrogens is 231 g/mol. The second-order valence-corrected chi connectivity index (χ2v) is 3.87. The fourth-order valence-corrected chi connectivity index (χ4v) is 1.98. The molecule has 0 aliphatic heterocycles. The zero-order valence-electron chi connectivity index (χ0n) is 8.70. The molecule has 1 atom stereocenters. The third-order valence-corrected chi connectivity index (χ3v) is 2.67. The predicted molar refractivity (Wildman–Crippen MR) is 62.0 cm³/mol. The average molecular weight is 245 g/mol. The molecule has 3 N–H and O–H groups in total. The van der Waals surface area contributed by atoms with E-state index in [2.05, 4.69) is 5.32 Å². The van der Waals surface area contributed by atoms with E-state index in [4.69, 9.17) is 5.73 Å². The first kappa shape index (κ1) is 12.9. The molecule has 1 aromatic rings. The van der Waals surface area contributed by atoms with Crippen LogP contribution in [-0.2, 0) is 17.6 Å². The number of nitrogens with one attached hydrogen (secondary N) is 1. The van der Waals surface area contributed by atoms with Crippen LogP contribution in [0, 0.1) is 5.82 Å². The van der Waals surface area contributed by atoms with E-state index in [0.717, 1.165) is 24.0 Å². The van der Waals surface area contributed by atoms with Crippen molar-refractivity contribution in [3.63, 3.8) is 0 Å². The van der Waals surface area contributed by atoms with Crippen LogP contribution in [0.15, 0.2) is 18.2 Å². The summed E-state index contributed by atoms with van der Waals surface area (Å²) < 4.78 is 12.9. The maximum Gasteiger partial charge on any atom is 0.231 e. The maximum absolute atomic E-state index is 12.9. The second-order valence-electron chi connectivity index (χ2n) is 3.87. The van der Waals surface area contributed by atoms with Gasteiger partial charge in [0, 0.05) is 6.04 Å². The number of primary amides is 1.